The average Bonchev–Trinajstić information content (AvgIpc) is 3.11. The molecule has 0 saturated carbocycles. The molecule has 1 heterocycles. The highest BCUT2D eigenvalue weighted by Crippen LogP contribution is 2.44. The number of ether oxygens (including phenoxy) is 1. The number of likely N-dealkylation sites (tertiary alicyclic amines) is 1. The normalized spacial score (nSPS) is 21.4. The molecule has 0 radical (unpaired) electrons. The number of carbonyl (C=O) groups excluding carboxylic acids is 1. The highest BCUT2D eigenvalue weighted by atomic mass is 16.6. The van der Waals surface area contributed by atoms with Crippen LogP contribution in [0.5, 0.6) is 5.75 Å². The first-order valence-corrected chi connectivity index (χ1v) is 9.92. The third kappa shape index (κ3) is 3.72. The van der Waals surface area contributed by atoms with Crippen LogP contribution in [0.2, 0.25) is 0 Å². The van der Waals surface area contributed by atoms with Crippen LogP contribution in [0.1, 0.15) is 35.4 Å². The maximum absolute atomic E-state index is 12.0. The summed E-state index contributed by atoms with van der Waals surface area (Å²) in [5.74, 6) is 1.30. The largest absolute Gasteiger partial charge is 0.414 e. The fraction of sp³-hybridized carbons (Fsp3) is 0.435. The van der Waals surface area contributed by atoms with Crippen LogP contribution in [-0.4, -0.2) is 49.1 Å². The molecule has 2 atom stereocenters. The van der Waals surface area contributed by atoms with E-state index in [1.54, 1.807) is 14.1 Å². The third-order valence-corrected chi connectivity index (χ3v) is 6.01. The summed E-state index contributed by atoms with van der Waals surface area (Å²) in [4.78, 5) is 16.1. The van der Waals surface area contributed by atoms with E-state index < -0.39 is 0 Å². The summed E-state index contributed by atoms with van der Waals surface area (Å²) >= 11 is 0. The van der Waals surface area contributed by atoms with E-state index in [-0.39, 0.29) is 6.09 Å². The summed E-state index contributed by atoms with van der Waals surface area (Å²) in [5.41, 5.74) is 4.03. The van der Waals surface area contributed by atoms with Crippen molar-refractivity contribution in [1.82, 2.24) is 9.80 Å². The molecule has 1 saturated heterocycles. The van der Waals surface area contributed by atoms with Crippen molar-refractivity contribution in [3.8, 4) is 5.75 Å². The average molecular weight is 364 g/mol. The Labute approximate surface area is 161 Å². The minimum absolute atomic E-state index is 0.304. The number of fused-ring (bicyclic) bond motifs is 3. The molecule has 2 aromatic rings. The molecule has 0 aromatic heterocycles. The predicted molar refractivity (Wildman–Crippen MR) is 107 cm³/mol. The van der Waals surface area contributed by atoms with Crippen LogP contribution in [0.15, 0.2) is 48.5 Å². The van der Waals surface area contributed by atoms with Gasteiger partial charge in [0, 0.05) is 32.6 Å². The molecule has 0 spiro atoms. The molecule has 0 bridgehead atoms. The molecule has 4 heteroatoms. The Kier molecular flexibility index (Phi) is 5.17. The van der Waals surface area contributed by atoms with E-state index in [1.807, 2.05) is 12.1 Å². The Morgan fingerprint density at radius 1 is 1.11 bits per heavy atom. The molecule has 4 nitrogen and oxygen atoms in total. The molecule has 27 heavy (non-hydrogen) atoms. The van der Waals surface area contributed by atoms with Gasteiger partial charge in [-0.3, -0.25) is 4.90 Å². The lowest BCUT2D eigenvalue weighted by Gasteiger charge is -2.34. The molecule has 1 fully saturated rings. The zero-order valence-corrected chi connectivity index (χ0v) is 16.2. The van der Waals surface area contributed by atoms with Crippen LogP contribution in [0, 0.1) is 0 Å². The lowest BCUT2D eigenvalue weighted by molar-refractivity contribution is 0.171. The highest BCUT2D eigenvalue weighted by molar-refractivity contribution is 5.70. The molecule has 2 aliphatic rings. The number of hydrogen-bond donors (Lipinski definition) is 0. The third-order valence-electron chi connectivity index (χ3n) is 6.01. The molecule has 0 N–H and O–H groups in total. The van der Waals surface area contributed by atoms with E-state index in [2.05, 4.69) is 41.3 Å². The summed E-state index contributed by atoms with van der Waals surface area (Å²) < 4.78 is 5.63. The van der Waals surface area contributed by atoms with Crippen molar-refractivity contribution in [3.05, 3.63) is 65.2 Å². The summed E-state index contributed by atoms with van der Waals surface area (Å²) in [6.45, 7) is 2.28. The summed E-state index contributed by atoms with van der Waals surface area (Å²) in [5, 5.41) is 0. The molecular weight excluding hydrogens is 336 g/mol. The first kappa shape index (κ1) is 18.1. The highest BCUT2D eigenvalue weighted by Gasteiger charge is 2.39. The van der Waals surface area contributed by atoms with Gasteiger partial charge in [0.25, 0.3) is 0 Å². The second-order valence-electron chi connectivity index (χ2n) is 7.86. The minimum atomic E-state index is -0.304. The summed E-state index contributed by atoms with van der Waals surface area (Å²) in [7, 11) is 3.44. The van der Waals surface area contributed by atoms with Crippen LogP contribution in [-0.2, 0) is 12.8 Å². The molecule has 1 aliphatic heterocycles. The molecule has 2 unspecified atom stereocenters. The van der Waals surface area contributed by atoms with Gasteiger partial charge >= 0.3 is 6.09 Å². The Balaban J connectivity index is 1.48. The SMILES string of the molecule is CN(C)C(=O)Oc1cccc2c1CCC1C2CCN1CCc1ccccc1. The number of nitrogens with zero attached hydrogens (tertiary/aromatic N) is 2. The fourth-order valence-corrected chi connectivity index (χ4v) is 4.63. The second kappa shape index (κ2) is 7.73. The zero-order valence-electron chi connectivity index (χ0n) is 16.2. The van der Waals surface area contributed by atoms with E-state index in [4.69, 9.17) is 4.74 Å². The van der Waals surface area contributed by atoms with Crippen molar-refractivity contribution < 1.29 is 9.53 Å². The van der Waals surface area contributed by atoms with Crippen molar-refractivity contribution in [1.29, 1.82) is 0 Å². The van der Waals surface area contributed by atoms with E-state index >= 15 is 0 Å². The van der Waals surface area contributed by atoms with Crippen molar-refractivity contribution in [2.45, 2.75) is 37.6 Å². The van der Waals surface area contributed by atoms with Gasteiger partial charge in [-0.15, -0.1) is 0 Å². The topological polar surface area (TPSA) is 32.8 Å². The molecule has 4 rings (SSSR count). The molecular formula is C23H28N2O2. The van der Waals surface area contributed by atoms with E-state index in [0.717, 1.165) is 38.1 Å². The number of amides is 1. The van der Waals surface area contributed by atoms with Crippen LogP contribution in [0.25, 0.3) is 0 Å². The Morgan fingerprint density at radius 3 is 2.70 bits per heavy atom. The van der Waals surface area contributed by atoms with Gasteiger partial charge in [-0.05, 0) is 55.0 Å². The van der Waals surface area contributed by atoms with Crippen molar-refractivity contribution in [3.63, 3.8) is 0 Å². The number of hydrogen-bond acceptors (Lipinski definition) is 3. The van der Waals surface area contributed by atoms with Gasteiger partial charge in [0.1, 0.15) is 5.75 Å². The zero-order chi connectivity index (χ0) is 18.8. The van der Waals surface area contributed by atoms with Gasteiger partial charge in [-0.2, -0.15) is 0 Å². The smallest absolute Gasteiger partial charge is 0.410 e. The quantitative estimate of drug-likeness (QED) is 0.819. The molecule has 2 aromatic carbocycles. The predicted octanol–water partition coefficient (Wildman–Crippen LogP) is 4.09. The van der Waals surface area contributed by atoms with Gasteiger partial charge < -0.3 is 9.64 Å². The first-order valence-electron chi connectivity index (χ1n) is 9.92. The van der Waals surface area contributed by atoms with Crippen molar-refractivity contribution >= 4 is 6.09 Å². The van der Waals surface area contributed by atoms with Crippen LogP contribution >= 0.6 is 0 Å². The van der Waals surface area contributed by atoms with Gasteiger partial charge in [0.2, 0.25) is 0 Å². The van der Waals surface area contributed by atoms with Gasteiger partial charge in [-0.1, -0.05) is 42.5 Å². The molecule has 142 valence electrons. The van der Waals surface area contributed by atoms with Crippen molar-refractivity contribution in [2.24, 2.45) is 0 Å². The number of benzene rings is 2. The lowest BCUT2D eigenvalue weighted by atomic mass is 9.79. The molecule has 1 amide bonds. The first-order chi connectivity index (χ1) is 13.1. The van der Waals surface area contributed by atoms with E-state index in [9.17, 15) is 4.79 Å². The Hall–Kier alpha value is -2.33. The monoisotopic (exact) mass is 364 g/mol. The number of rotatable bonds is 4. The Morgan fingerprint density at radius 2 is 1.93 bits per heavy atom. The van der Waals surface area contributed by atoms with Crippen LogP contribution in [0.4, 0.5) is 4.79 Å². The minimum Gasteiger partial charge on any atom is -0.410 e. The van der Waals surface area contributed by atoms with Crippen LogP contribution < -0.4 is 4.74 Å². The fourth-order valence-electron chi connectivity index (χ4n) is 4.63. The van der Waals surface area contributed by atoms with Crippen LogP contribution in [0.3, 0.4) is 0 Å². The van der Waals surface area contributed by atoms with Crippen molar-refractivity contribution in [2.75, 3.05) is 27.2 Å². The van der Waals surface area contributed by atoms with E-state index in [1.165, 1.54) is 28.0 Å². The number of carbonyl (C=O) groups is 1. The maximum Gasteiger partial charge on any atom is 0.414 e. The maximum atomic E-state index is 12.0. The lowest BCUT2D eigenvalue weighted by Crippen LogP contribution is -2.36. The van der Waals surface area contributed by atoms with Gasteiger partial charge in [0.15, 0.2) is 0 Å². The van der Waals surface area contributed by atoms with Gasteiger partial charge in [0.05, 0.1) is 0 Å². The standard InChI is InChI=1S/C23H28N2O2/c1-24(2)23(26)27-22-10-6-9-18-19-14-16-25(21(19)12-11-20(18)22)15-13-17-7-4-3-5-8-17/h3-10,19,21H,11-16H2,1-2H3. The van der Waals surface area contributed by atoms with Gasteiger partial charge in [-0.25, -0.2) is 4.79 Å². The summed E-state index contributed by atoms with van der Waals surface area (Å²) in [6.07, 6.45) is 4.12. The Bertz CT molecular complexity index is 803. The molecule has 1 aliphatic carbocycles. The van der Waals surface area contributed by atoms with E-state index in [0.29, 0.717) is 12.0 Å². The second-order valence-corrected chi connectivity index (χ2v) is 7.86. The summed E-state index contributed by atoms with van der Waals surface area (Å²) in [6, 6.07) is 17.6.